The molecule has 0 spiro atoms. The van der Waals surface area contributed by atoms with E-state index in [4.69, 9.17) is 5.73 Å². The van der Waals surface area contributed by atoms with E-state index in [0.717, 1.165) is 31.3 Å². The third kappa shape index (κ3) is 4.17. The van der Waals surface area contributed by atoms with Crippen LogP contribution in [0.4, 0.5) is 14.9 Å². The molecule has 2 aliphatic rings. The van der Waals surface area contributed by atoms with Crippen molar-refractivity contribution in [2.75, 3.05) is 18.5 Å². The minimum absolute atomic E-state index is 0.0107. The standard InChI is InChI=1S/C21H29FN6O/c1-13-6-5-7-17(22)18(13)27-12-14(2)19(26-20(23)25-4)28(21(27)29)16-10-8-15(24-3)9-11-16/h5-7,15-16,24H,4,8-12H2,1-3H3,(H2,23,26)/t15-,16-. The Balaban J connectivity index is 2.04. The Hall–Kier alpha value is -2.74. The van der Waals surface area contributed by atoms with E-state index in [0.29, 0.717) is 23.1 Å². The van der Waals surface area contributed by atoms with E-state index in [1.165, 1.54) is 11.0 Å². The van der Waals surface area contributed by atoms with Crippen LogP contribution in [0.1, 0.15) is 38.2 Å². The summed E-state index contributed by atoms with van der Waals surface area (Å²) in [6, 6.07) is 4.95. The van der Waals surface area contributed by atoms with Crippen LogP contribution < -0.4 is 16.0 Å². The minimum Gasteiger partial charge on any atom is -0.368 e. The number of aryl methyl sites for hydroxylation is 1. The molecule has 1 fully saturated rings. The molecular formula is C21H29FN6O. The van der Waals surface area contributed by atoms with Crippen molar-refractivity contribution in [2.45, 2.75) is 51.6 Å². The molecule has 0 atom stereocenters. The molecule has 1 aliphatic carbocycles. The predicted molar refractivity (Wildman–Crippen MR) is 115 cm³/mol. The Morgan fingerprint density at radius 3 is 2.55 bits per heavy atom. The molecule has 0 bridgehead atoms. The van der Waals surface area contributed by atoms with Gasteiger partial charge in [0.05, 0.1) is 12.2 Å². The van der Waals surface area contributed by atoms with Gasteiger partial charge >= 0.3 is 6.03 Å². The molecule has 0 radical (unpaired) electrons. The highest BCUT2D eigenvalue weighted by molar-refractivity contribution is 5.96. The second-order valence-electron chi connectivity index (χ2n) is 7.67. The van der Waals surface area contributed by atoms with Crippen molar-refractivity contribution in [2.24, 2.45) is 15.7 Å². The number of carbonyl (C=O) groups excluding carboxylic acids is 1. The molecule has 0 saturated heterocycles. The number of hydrogen-bond acceptors (Lipinski definition) is 3. The summed E-state index contributed by atoms with van der Waals surface area (Å²) in [5.74, 6) is 0.0962. The summed E-state index contributed by atoms with van der Waals surface area (Å²) in [4.78, 5) is 24.8. The maximum Gasteiger partial charge on any atom is 0.330 e. The fourth-order valence-corrected chi connectivity index (χ4v) is 4.19. The maximum atomic E-state index is 14.7. The van der Waals surface area contributed by atoms with E-state index in [1.54, 1.807) is 24.0 Å². The van der Waals surface area contributed by atoms with Gasteiger partial charge in [0.15, 0.2) is 0 Å². The van der Waals surface area contributed by atoms with Crippen molar-refractivity contribution in [1.82, 2.24) is 10.2 Å². The molecule has 1 aromatic carbocycles. The zero-order chi connectivity index (χ0) is 21.1. The summed E-state index contributed by atoms with van der Waals surface area (Å²) in [5, 5.41) is 3.30. The molecule has 29 heavy (non-hydrogen) atoms. The summed E-state index contributed by atoms with van der Waals surface area (Å²) < 4.78 is 14.7. The van der Waals surface area contributed by atoms with Crippen molar-refractivity contribution in [3.05, 3.63) is 41.0 Å². The number of benzene rings is 1. The van der Waals surface area contributed by atoms with Crippen LogP contribution in [0.5, 0.6) is 0 Å². The second-order valence-corrected chi connectivity index (χ2v) is 7.67. The number of nitrogens with one attached hydrogen (secondary N) is 1. The van der Waals surface area contributed by atoms with E-state index in [9.17, 15) is 9.18 Å². The summed E-state index contributed by atoms with van der Waals surface area (Å²) >= 11 is 0. The summed E-state index contributed by atoms with van der Waals surface area (Å²) in [6.07, 6.45) is 3.56. The van der Waals surface area contributed by atoms with Crippen LogP contribution in [-0.2, 0) is 0 Å². The number of halogens is 1. The molecule has 1 heterocycles. The van der Waals surface area contributed by atoms with Crippen LogP contribution in [0.2, 0.25) is 0 Å². The van der Waals surface area contributed by atoms with Gasteiger partial charge < -0.3 is 11.1 Å². The molecular weight excluding hydrogens is 371 g/mol. The van der Waals surface area contributed by atoms with Crippen LogP contribution in [0, 0.1) is 12.7 Å². The van der Waals surface area contributed by atoms with E-state index in [-0.39, 0.29) is 24.6 Å². The van der Waals surface area contributed by atoms with Crippen molar-refractivity contribution in [3.63, 3.8) is 0 Å². The van der Waals surface area contributed by atoms with E-state index < -0.39 is 5.82 Å². The molecule has 8 heteroatoms. The van der Waals surface area contributed by atoms with Crippen molar-refractivity contribution in [1.29, 1.82) is 0 Å². The number of amides is 2. The highest BCUT2D eigenvalue weighted by atomic mass is 19.1. The van der Waals surface area contributed by atoms with Crippen LogP contribution in [0.3, 0.4) is 0 Å². The number of aliphatic imine (C=N–C) groups is 2. The summed E-state index contributed by atoms with van der Waals surface area (Å²) in [7, 11) is 1.95. The third-order valence-corrected chi connectivity index (χ3v) is 5.75. The van der Waals surface area contributed by atoms with Crippen molar-refractivity contribution < 1.29 is 9.18 Å². The van der Waals surface area contributed by atoms with Crippen LogP contribution in [0.15, 0.2) is 39.6 Å². The van der Waals surface area contributed by atoms with E-state index in [1.807, 2.05) is 14.0 Å². The Labute approximate surface area is 171 Å². The lowest BCUT2D eigenvalue weighted by Gasteiger charge is -2.43. The van der Waals surface area contributed by atoms with Gasteiger partial charge in [0, 0.05) is 12.1 Å². The number of anilines is 1. The Kier molecular flexibility index (Phi) is 6.32. The van der Waals surface area contributed by atoms with Crippen molar-refractivity contribution in [3.8, 4) is 0 Å². The van der Waals surface area contributed by atoms with Gasteiger partial charge in [-0.25, -0.2) is 14.2 Å². The van der Waals surface area contributed by atoms with Crippen LogP contribution in [0.25, 0.3) is 0 Å². The lowest BCUT2D eigenvalue weighted by Crippen LogP contribution is -2.54. The monoisotopic (exact) mass is 400 g/mol. The average molecular weight is 401 g/mol. The SMILES string of the molecule is C=N/C(N)=N\C1=C(C)CN(c2c(C)cccc2F)C(=O)N1[C@H]1CC[C@H](NC)CC1. The predicted octanol–water partition coefficient (Wildman–Crippen LogP) is 3.15. The number of carbonyl (C=O) groups is 1. The zero-order valence-corrected chi connectivity index (χ0v) is 17.3. The fraction of sp³-hybridized carbons (Fsp3) is 0.476. The highest BCUT2D eigenvalue weighted by Gasteiger charge is 2.39. The fourth-order valence-electron chi connectivity index (χ4n) is 4.19. The molecule has 2 amide bonds. The number of urea groups is 1. The highest BCUT2D eigenvalue weighted by Crippen LogP contribution is 2.35. The summed E-state index contributed by atoms with van der Waals surface area (Å²) in [5.41, 5.74) is 7.66. The molecule has 3 rings (SSSR count). The van der Waals surface area contributed by atoms with Gasteiger partial charge in [-0.3, -0.25) is 9.80 Å². The van der Waals surface area contributed by atoms with Gasteiger partial charge in [0.2, 0.25) is 5.96 Å². The largest absolute Gasteiger partial charge is 0.368 e. The van der Waals surface area contributed by atoms with Crippen LogP contribution in [-0.4, -0.2) is 49.3 Å². The number of guanidine groups is 1. The van der Waals surface area contributed by atoms with Gasteiger partial charge in [-0.2, -0.15) is 4.99 Å². The topological polar surface area (TPSA) is 86.3 Å². The number of para-hydroxylation sites is 1. The average Bonchev–Trinajstić information content (AvgIpc) is 2.71. The first kappa shape index (κ1) is 21.0. The van der Waals surface area contributed by atoms with Crippen molar-refractivity contribution >= 4 is 24.4 Å². The Morgan fingerprint density at radius 1 is 1.28 bits per heavy atom. The maximum absolute atomic E-state index is 14.7. The smallest absolute Gasteiger partial charge is 0.330 e. The molecule has 156 valence electrons. The quantitative estimate of drug-likeness (QED) is 0.601. The number of nitrogens with zero attached hydrogens (tertiary/aromatic N) is 4. The number of hydrogen-bond donors (Lipinski definition) is 2. The normalized spacial score (nSPS) is 23.6. The lowest BCUT2D eigenvalue weighted by molar-refractivity contribution is 0.171. The first-order chi connectivity index (χ1) is 13.9. The molecule has 0 aromatic heterocycles. The number of nitrogens with two attached hydrogens (primary N) is 1. The van der Waals surface area contributed by atoms with Gasteiger partial charge in [0.1, 0.15) is 11.6 Å². The van der Waals surface area contributed by atoms with Gasteiger partial charge in [-0.05, 0) is 70.5 Å². The molecule has 7 nitrogen and oxygen atoms in total. The lowest BCUT2D eigenvalue weighted by atomic mass is 9.90. The summed E-state index contributed by atoms with van der Waals surface area (Å²) in [6.45, 7) is 7.35. The Bertz CT molecular complexity index is 836. The van der Waals surface area contributed by atoms with Gasteiger partial charge in [-0.15, -0.1) is 0 Å². The molecule has 0 unspecified atom stereocenters. The van der Waals surface area contributed by atoms with Gasteiger partial charge in [-0.1, -0.05) is 12.1 Å². The van der Waals surface area contributed by atoms with Crippen LogP contribution >= 0.6 is 0 Å². The molecule has 1 aliphatic heterocycles. The third-order valence-electron chi connectivity index (χ3n) is 5.75. The van der Waals surface area contributed by atoms with Gasteiger partial charge in [0.25, 0.3) is 0 Å². The zero-order valence-electron chi connectivity index (χ0n) is 17.3. The first-order valence-electron chi connectivity index (χ1n) is 9.91. The molecule has 1 saturated carbocycles. The Morgan fingerprint density at radius 2 is 1.97 bits per heavy atom. The molecule has 1 aromatic rings. The van der Waals surface area contributed by atoms with E-state index in [2.05, 4.69) is 22.0 Å². The molecule has 3 N–H and O–H groups in total. The number of rotatable bonds is 4. The van der Waals surface area contributed by atoms with E-state index >= 15 is 0 Å². The first-order valence-corrected chi connectivity index (χ1v) is 9.91. The second kappa shape index (κ2) is 8.73. The minimum atomic E-state index is -0.413.